The maximum atomic E-state index is 13.2. The number of aromatic nitrogens is 2. The summed E-state index contributed by atoms with van der Waals surface area (Å²) in [7, 11) is 0. The van der Waals surface area contributed by atoms with Crippen molar-refractivity contribution in [2.24, 2.45) is 10.8 Å². The van der Waals surface area contributed by atoms with Gasteiger partial charge in [-0.3, -0.25) is 9.78 Å². The van der Waals surface area contributed by atoms with Gasteiger partial charge in [0.25, 0.3) is 0 Å². The zero-order valence-electron chi connectivity index (χ0n) is 23.0. The Morgan fingerprint density at radius 1 is 0.846 bits per heavy atom. The maximum absolute atomic E-state index is 13.2. The minimum Gasteiger partial charge on any atom is -0.512 e. The number of halogens is 1. The van der Waals surface area contributed by atoms with Crippen molar-refractivity contribution in [3.05, 3.63) is 96.6 Å². The number of fused-ring (bicyclic) bond motifs is 6. The topological polar surface area (TPSA) is 63.1 Å². The Balaban J connectivity index is 0.000000260. The van der Waals surface area contributed by atoms with E-state index in [1.165, 1.54) is 18.2 Å². The van der Waals surface area contributed by atoms with E-state index in [1.807, 2.05) is 65.8 Å². The Hall–Kier alpha value is -3.47. The summed E-state index contributed by atoms with van der Waals surface area (Å²) in [5.74, 6) is -0.157. The molecular formula is C33H32FIrN2O2-. The number of aliphatic hydroxyl groups excluding tert-OH is 1. The molecule has 0 aliphatic heterocycles. The van der Waals surface area contributed by atoms with Crippen LogP contribution in [-0.4, -0.2) is 20.9 Å². The second-order valence-corrected chi connectivity index (χ2v) is 11.4. The van der Waals surface area contributed by atoms with Gasteiger partial charge in [0.15, 0.2) is 5.78 Å². The Morgan fingerprint density at radius 3 is 2.08 bits per heavy atom. The summed E-state index contributed by atoms with van der Waals surface area (Å²) >= 11 is 0. The SMILES string of the molecule is CC(C)(C)C(=O)C=C(O)C(C)(C)C.Fc1ccc(-c2cnc3c4[c-]cccc4c4ccccc4c3n2)cc1.[Ir]. The van der Waals surface area contributed by atoms with Gasteiger partial charge in [-0.1, -0.05) is 76.6 Å². The van der Waals surface area contributed by atoms with Crippen LogP contribution in [0.15, 0.2) is 84.8 Å². The zero-order chi connectivity index (χ0) is 27.7. The number of allylic oxidation sites excluding steroid dienone is 2. The van der Waals surface area contributed by atoms with Crippen molar-refractivity contribution < 1.29 is 34.4 Å². The second kappa shape index (κ2) is 11.7. The summed E-state index contributed by atoms with van der Waals surface area (Å²) in [5, 5.41) is 13.8. The smallest absolute Gasteiger partial charge is 0.164 e. The number of aliphatic hydroxyl groups is 1. The Morgan fingerprint density at radius 2 is 1.46 bits per heavy atom. The number of nitrogens with zero attached hydrogens (tertiary/aromatic N) is 2. The van der Waals surface area contributed by atoms with E-state index in [9.17, 15) is 14.3 Å². The van der Waals surface area contributed by atoms with Crippen LogP contribution in [0.3, 0.4) is 0 Å². The molecule has 1 aromatic heterocycles. The molecule has 0 atom stereocenters. The van der Waals surface area contributed by atoms with E-state index >= 15 is 0 Å². The summed E-state index contributed by atoms with van der Waals surface area (Å²) in [4.78, 5) is 21.0. The average Bonchev–Trinajstić information content (AvgIpc) is 2.88. The molecule has 0 aliphatic carbocycles. The van der Waals surface area contributed by atoms with Crippen molar-refractivity contribution in [2.45, 2.75) is 41.5 Å². The average molecular weight is 700 g/mol. The maximum Gasteiger partial charge on any atom is 0.164 e. The molecule has 1 radical (unpaired) electrons. The third-order valence-electron chi connectivity index (χ3n) is 6.25. The molecular weight excluding hydrogens is 668 g/mol. The van der Waals surface area contributed by atoms with Gasteiger partial charge in [0.05, 0.1) is 11.2 Å². The number of rotatable bonds is 2. The molecule has 6 heteroatoms. The normalized spacial score (nSPS) is 12.1. The fourth-order valence-electron chi connectivity index (χ4n) is 3.86. The second-order valence-electron chi connectivity index (χ2n) is 11.4. The van der Waals surface area contributed by atoms with Crippen LogP contribution in [0.1, 0.15) is 41.5 Å². The summed E-state index contributed by atoms with van der Waals surface area (Å²) in [6, 6.07) is 23.8. The molecule has 0 unspecified atom stereocenters. The van der Waals surface area contributed by atoms with Gasteiger partial charge in [0.1, 0.15) is 11.6 Å². The first kappa shape index (κ1) is 30.1. The predicted octanol–water partition coefficient (Wildman–Crippen LogP) is 8.63. The van der Waals surface area contributed by atoms with Crippen LogP contribution < -0.4 is 0 Å². The van der Waals surface area contributed by atoms with Crippen molar-refractivity contribution in [1.82, 2.24) is 9.97 Å². The van der Waals surface area contributed by atoms with E-state index in [0.717, 1.165) is 43.8 Å². The van der Waals surface area contributed by atoms with Crippen LogP contribution in [0.4, 0.5) is 4.39 Å². The minimum atomic E-state index is -0.417. The van der Waals surface area contributed by atoms with Crippen molar-refractivity contribution >= 4 is 38.4 Å². The fourth-order valence-corrected chi connectivity index (χ4v) is 3.86. The number of carbonyl (C=O) groups is 1. The summed E-state index contributed by atoms with van der Waals surface area (Å²) < 4.78 is 13.2. The Kier molecular flexibility index (Phi) is 9.05. The van der Waals surface area contributed by atoms with Crippen LogP contribution >= 0.6 is 0 Å². The summed E-state index contributed by atoms with van der Waals surface area (Å²) in [6.45, 7) is 11.1. The van der Waals surface area contributed by atoms with Gasteiger partial charge in [-0.25, -0.2) is 4.39 Å². The van der Waals surface area contributed by atoms with Crippen LogP contribution in [0, 0.1) is 22.7 Å². The van der Waals surface area contributed by atoms with Gasteiger partial charge >= 0.3 is 0 Å². The molecule has 203 valence electrons. The van der Waals surface area contributed by atoms with E-state index in [4.69, 9.17) is 4.98 Å². The molecule has 0 aliphatic rings. The van der Waals surface area contributed by atoms with E-state index in [2.05, 4.69) is 29.2 Å². The third kappa shape index (κ3) is 6.76. The summed E-state index contributed by atoms with van der Waals surface area (Å²) in [5.41, 5.74) is 2.48. The molecule has 5 aromatic rings. The number of benzene rings is 4. The molecule has 1 heterocycles. The first-order valence-corrected chi connectivity index (χ1v) is 12.6. The predicted molar refractivity (Wildman–Crippen MR) is 153 cm³/mol. The standard InChI is InChI=1S/C22H12FN2.C11H20O2.Ir/c23-15-11-9-14(10-12-15)20-13-24-21-18-7-3-1-5-16(18)17-6-2-4-8-19(17)22(21)25-20;1-10(2,3)8(12)7-9(13)11(4,5)6;/h1-6,8-13H;7,12H,1-6H3;/q-1;;. The summed E-state index contributed by atoms with van der Waals surface area (Å²) in [6.07, 6.45) is 3.07. The molecule has 0 bridgehead atoms. The molecule has 39 heavy (non-hydrogen) atoms. The molecule has 0 spiro atoms. The van der Waals surface area contributed by atoms with Gasteiger partial charge in [-0.05, 0) is 29.7 Å². The van der Waals surface area contributed by atoms with E-state index < -0.39 is 5.41 Å². The van der Waals surface area contributed by atoms with E-state index in [-0.39, 0.29) is 42.9 Å². The van der Waals surface area contributed by atoms with Crippen molar-refractivity contribution in [1.29, 1.82) is 0 Å². The largest absolute Gasteiger partial charge is 0.512 e. The van der Waals surface area contributed by atoms with Crippen molar-refractivity contribution in [3.63, 3.8) is 0 Å². The molecule has 0 saturated carbocycles. The van der Waals surface area contributed by atoms with Crippen molar-refractivity contribution in [2.75, 3.05) is 0 Å². The molecule has 5 rings (SSSR count). The Bertz CT molecular complexity index is 1630. The van der Waals surface area contributed by atoms with Gasteiger partial charge < -0.3 is 10.1 Å². The quantitative estimate of drug-likeness (QED) is 0.0868. The molecule has 0 fully saturated rings. The van der Waals surface area contributed by atoms with Crippen LogP contribution in [0.5, 0.6) is 0 Å². The molecule has 4 nitrogen and oxygen atoms in total. The van der Waals surface area contributed by atoms with Gasteiger partial charge in [0.2, 0.25) is 0 Å². The number of ketones is 1. The zero-order valence-corrected chi connectivity index (χ0v) is 25.4. The first-order valence-electron chi connectivity index (χ1n) is 12.6. The number of hydrogen-bond acceptors (Lipinski definition) is 4. The van der Waals surface area contributed by atoms with Crippen LogP contribution in [-0.2, 0) is 24.9 Å². The molecule has 4 aromatic carbocycles. The number of hydrogen-bond donors (Lipinski definition) is 1. The molecule has 0 saturated heterocycles. The number of carbonyl (C=O) groups excluding carboxylic acids is 1. The van der Waals surface area contributed by atoms with Gasteiger partial charge in [0, 0.05) is 54.3 Å². The van der Waals surface area contributed by atoms with E-state index in [0.29, 0.717) is 0 Å². The third-order valence-corrected chi connectivity index (χ3v) is 6.25. The minimum absolute atomic E-state index is 0. The van der Waals surface area contributed by atoms with Gasteiger partial charge in [-0.2, -0.15) is 0 Å². The molecule has 0 amide bonds. The van der Waals surface area contributed by atoms with Gasteiger partial charge in [-0.15, -0.1) is 29.7 Å². The van der Waals surface area contributed by atoms with Crippen LogP contribution in [0.2, 0.25) is 0 Å². The molecule has 1 N–H and O–H groups in total. The van der Waals surface area contributed by atoms with Crippen LogP contribution in [0.25, 0.3) is 43.8 Å². The fraction of sp³-hybridized carbons (Fsp3) is 0.242. The first-order chi connectivity index (χ1) is 17.9. The van der Waals surface area contributed by atoms with Crippen molar-refractivity contribution in [3.8, 4) is 11.3 Å². The monoisotopic (exact) mass is 700 g/mol. The van der Waals surface area contributed by atoms with E-state index in [1.54, 1.807) is 18.3 Å². The Labute approximate surface area is 242 Å².